The average molecular weight is 314 g/mol. The average Bonchev–Trinajstić information content (AvgIpc) is 2.53. The van der Waals surface area contributed by atoms with Crippen LogP contribution in [0.4, 0.5) is 0 Å². The fourth-order valence-corrected chi connectivity index (χ4v) is 2.66. The summed E-state index contributed by atoms with van der Waals surface area (Å²) in [5, 5.41) is 47.9. The molecule has 2 aliphatic heterocycles. The first-order chi connectivity index (χ1) is 10.5. The van der Waals surface area contributed by atoms with Crippen LogP contribution in [0.5, 0.6) is 11.5 Å². The molecule has 0 aliphatic carbocycles. The third-order valence-electron chi connectivity index (χ3n) is 3.93. The van der Waals surface area contributed by atoms with Crippen molar-refractivity contribution >= 4 is 0 Å². The molecule has 2 saturated heterocycles. The smallest absolute Gasteiger partial charge is 0.187 e. The predicted octanol–water partition coefficient (Wildman–Crippen LogP) is -1.01. The van der Waals surface area contributed by atoms with Crippen LogP contribution in [0.3, 0.4) is 0 Å². The maximum absolute atomic E-state index is 10.1. The highest BCUT2D eigenvalue weighted by Crippen LogP contribution is 2.36. The highest BCUT2D eigenvalue weighted by atomic mass is 16.7. The van der Waals surface area contributed by atoms with Crippen molar-refractivity contribution in [3.05, 3.63) is 23.8 Å². The highest BCUT2D eigenvalue weighted by Gasteiger charge is 2.48. The number of aliphatic hydroxyl groups excluding tert-OH is 3. The van der Waals surface area contributed by atoms with Crippen LogP contribution in [0.1, 0.15) is 11.7 Å². The zero-order valence-corrected chi connectivity index (χ0v) is 11.6. The molecule has 0 amide bonds. The molecule has 122 valence electrons. The van der Waals surface area contributed by atoms with Gasteiger partial charge in [0.1, 0.15) is 30.5 Å². The summed E-state index contributed by atoms with van der Waals surface area (Å²) in [5.74, 6) is -0.537. The Kier molecular flexibility index (Phi) is 4.22. The maximum atomic E-state index is 10.1. The van der Waals surface area contributed by atoms with E-state index in [1.165, 1.54) is 12.1 Å². The van der Waals surface area contributed by atoms with Crippen molar-refractivity contribution in [3.63, 3.8) is 0 Å². The number of ether oxygens (including phenoxy) is 3. The summed E-state index contributed by atoms with van der Waals surface area (Å²) in [5.41, 5.74) is 0.555. The number of aliphatic hydroxyl groups is 3. The van der Waals surface area contributed by atoms with Crippen molar-refractivity contribution < 1.29 is 39.7 Å². The third-order valence-corrected chi connectivity index (χ3v) is 3.93. The van der Waals surface area contributed by atoms with Gasteiger partial charge in [-0.15, -0.1) is 0 Å². The molecule has 0 radical (unpaired) electrons. The molecule has 2 heterocycles. The minimum absolute atomic E-state index is 0.104. The number of benzene rings is 1. The van der Waals surface area contributed by atoms with Crippen molar-refractivity contribution in [1.82, 2.24) is 0 Å². The fourth-order valence-electron chi connectivity index (χ4n) is 2.66. The molecule has 1 aromatic rings. The van der Waals surface area contributed by atoms with Gasteiger partial charge < -0.3 is 39.7 Å². The van der Waals surface area contributed by atoms with Crippen LogP contribution < -0.4 is 0 Å². The van der Waals surface area contributed by atoms with Gasteiger partial charge in [-0.1, -0.05) is 6.07 Å². The van der Waals surface area contributed by atoms with Crippen LogP contribution in [0.25, 0.3) is 0 Å². The molecule has 22 heavy (non-hydrogen) atoms. The number of fused-ring (bicyclic) bond motifs is 1. The fraction of sp³-hybridized carbons (Fsp3) is 0.571. The number of hydrogen-bond donors (Lipinski definition) is 5. The van der Waals surface area contributed by atoms with Crippen molar-refractivity contribution in [2.24, 2.45) is 0 Å². The Bertz CT molecular complexity index is 534. The molecule has 0 aromatic heterocycles. The van der Waals surface area contributed by atoms with Crippen LogP contribution in [0, 0.1) is 0 Å². The Morgan fingerprint density at radius 3 is 2.50 bits per heavy atom. The standard InChI is InChI=1S/C14H18O8/c15-4-9-11(18)12(19)13-14(22-9)20-5-10(21-13)6-1-2-7(16)8(17)3-6/h1-3,9-19H,4-5H2/t9-,10+,11-,12+,13-,14-/m1/s1. The van der Waals surface area contributed by atoms with E-state index in [9.17, 15) is 20.4 Å². The minimum atomic E-state index is -1.29. The molecule has 5 N–H and O–H groups in total. The lowest BCUT2D eigenvalue weighted by Crippen LogP contribution is -2.62. The first-order valence-corrected chi connectivity index (χ1v) is 6.92. The second-order valence-electron chi connectivity index (χ2n) is 5.38. The van der Waals surface area contributed by atoms with Crippen LogP contribution in [0.2, 0.25) is 0 Å². The monoisotopic (exact) mass is 314 g/mol. The van der Waals surface area contributed by atoms with Gasteiger partial charge in [0.15, 0.2) is 17.8 Å². The lowest BCUT2D eigenvalue weighted by Gasteiger charge is -2.46. The molecule has 8 heteroatoms. The summed E-state index contributed by atoms with van der Waals surface area (Å²) in [6.45, 7) is -0.341. The Morgan fingerprint density at radius 2 is 1.82 bits per heavy atom. The molecular formula is C14H18O8. The van der Waals surface area contributed by atoms with Gasteiger partial charge in [0.05, 0.1) is 13.2 Å². The topological polar surface area (TPSA) is 129 Å². The molecule has 0 saturated carbocycles. The van der Waals surface area contributed by atoms with Gasteiger partial charge in [-0.2, -0.15) is 0 Å². The van der Waals surface area contributed by atoms with Gasteiger partial charge in [-0.05, 0) is 17.7 Å². The first-order valence-electron chi connectivity index (χ1n) is 6.92. The van der Waals surface area contributed by atoms with Crippen molar-refractivity contribution in [2.45, 2.75) is 36.8 Å². The molecule has 3 rings (SSSR count). The third kappa shape index (κ3) is 2.65. The first kappa shape index (κ1) is 15.5. The second-order valence-corrected chi connectivity index (χ2v) is 5.38. The van der Waals surface area contributed by atoms with Gasteiger partial charge in [-0.3, -0.25) is 0 Å². The molecule has 1 aromatic carbocycles. The zero-order valence-electron chi connectivity index (χ0n) is 11.6. The Labute approximate surface area is 126 Å². The minimum Gasteiger partial charge on any atom is -0.504 e. The van der Waals surface area contributed by atoms with Gasteiger partial charge in [0, 0.05) is 0 Å². The van der Waals surface area contributed by atoms with Crippen LogP contribution >= 0.6 is 0 Å². The molecular weight excluding hydrogens is 296 g/mol. The Hall–Kier alpha value is -1.42. The lowest BCUT2D eigenvalue weighted by atomic mass is 9.97. The largest absolute Gasteiger partial charge is 0.504 e. The molecule has 8 nitrogen and oxygen atoms in total. The molecule has 2 fully saturated rings. The van der Waals surface area contributed by atoms with Crippen LogP contribution in [-0.4, -0.2) is 69.5 Å². The number of aromatic hydroxyl groups is 2. The SMILES string of the molecule is OC[C@H]1O[C@H]2OC[C@@H](c3ccc(O)c(O)c3)O[C@@H]2[C@@H](O)[C@@H]1O. The van der Waals surface area contributed by atoms with Crippen LogP contribution in [0.15, 0.2) is 18.2 Å². The van der Waals surface area contributed by atoms with Gasteiger partial charge in [0.2, 0.25) is 0 Å². The van der Waals surface area contributed by atoms with E-state index in [0.717, 1.165) is 0 Å². The summed E-state index contributed by atoms with van der Waals surface area (Å²) in [4.78, 5) is 0. The van der Waals surface area contributed by atoms with E-state index in [2.05, 4.69) is 0 Å². The summed E-state index contributed by atoms with van der Waals surface area (Å²) in [6, 6.07) is 4.23. The highest BCUT2D eigenvalue weighted by molar-refractivity contribution is 5.41. The van der Waals surface area contributed by atoms with Crippen molar-refractivity contribution in [1.29, 1.82) is 0 Å². The second kappa shape index (κ2) is 5.99. The van der Waals surface area contributed by atoms with E-state index < -0.39 is 43.4 Å². The molecule has 0 unspecified atom stereocenters. The van der Waals surface area contributed by atoms with E-state index in [0.29, 0.717) is 5.56 Å². The van der Waals surface area contributed by atoms with E-state index >= 15 is 0 Å². The Morgan fingerprint density at radius 1 is 1.05 bits per heavy atom. The van der Waals surface area contributed by atoms with E-state index in [4.69, 9.17) is 19.3 Å². The van der Waals surface area contributed by atoms with Crippen LogP contribution in [-0.2, 0) is 14.2 Å². The maximum Gasteiger partial charge on any atom is 0.187 e. The summed E-state index contributed by atoms with van der Waals surface area (Å²) in [7, 11) is 0. The zero-order chi connectivity index (χ0) is 15.9. The van der Waals surface area contributed by atoms with E-state index in [1.54, 1.807) is 6.07 Å². The summed E-state index contributed by atoms with van der Waals surface area (Å²) < 4.78 is 16.6. The number of phenolic OH excluding ortho intramolecular Hbond substituents is 2. The number of phenols is 2. The summed E-state index contributed by atoms with van der Waals surface area (Å²) in [6.07, 6.45) is -5.91. The normalized spacial score (nSPS) is 38.5. The number of hydrogen-bond acceptors (Lipinski definition) is 8. The molecule has 6 atom stereocenters. The quantitative estimate of drug-likeness (QED) is 0.439. The van der Waals surface area contributed by atoms with Gasteiger partial charge in [0.25, 0.3) is 0 Å². The molecule has 0 spiro atoms. The van der Waals surface area contributed by atoms with Crippen molar-refractivity contribution in [2.75, 3.05) is 13.2 Å². The lowest BCUT2D eigenvalue weighted by molar-refractivity contribution is -0.350. The molecule has 2 aliphatic rings. The van der Waals surface area contributed by atoms with Crippen molar-refractivity contribution in [3.8, 4) is 11.5 Å². The summed E-state index contributed by atoms with van der Waals surface area (Å²) >= 11 is 0. The Balaban J connectivity index is 1.76. The van der Waals surface area contributed by atoms with E-state index in [1.807, 2.05) is 0 Å². The van der Waals surface area contributed by atoms with E-state index in [-0.39, 0.29) is 18.1 Å². The predicted molar refractivity (Wildman–Crippen MR) is 71.1 cm³/mol. The van der Waals surface area contributed by atoms with Gasteiger partial charge >= 0.3 is 0 Å². The number of rotatable bonds is 2. The molecule has 0 bridgehead atoms. The van der Waals surface area contributed by atoms with Gasteiger partial charge in [-0.25, -0.2) is 0 Å².